The molecule has 0 bridgehead atoms. The maximum absolute atomic E-state index is 12.2. The van der Waals surface area contributed by atoms with E-state index < -0.39 is 11.9 Å². The number of carboxylic acid groups (broad SMARTS) is 1. The van der Waals surface area contributed by atoms with Gasteiger partial charge in [-0.05, 0) is 31.9 Å². The average molecular weight is 328 g/mol. The third kappa shape index (κ3) is 4.14. The topological polar surface area (TPSA) is 66.4 Å². The van der Waals surface area contributed by atoms with Crippen molar-refractivity contribution in [3.63, 3.8) is 0 Å². The lowest BCUT2D eigenvalue weighted by atomic mass is 10.0. The molecule has 114 valence electrons. The first-order valence-electron chi connectivity index (χ1n) is 6.93. The van der Waals surface area contributed by atoms with E-state index in [2.05, 4.69) is 5.32 Å². The van der Waals surface area contributed by atoms with Crippen LogP contribution >= 0.6 is 23.4 Å². The Kier molecular flexibility index (Phi) is 5.53. The third-order valence-electron chi connectivity index (χ3n) is 3.67. The molecule has 0 aliphatic heterocycles. The van der Waals surface area contributed by atoms with E-state index in [1.54, 1.807) is 13.0 Å². The molecule has 6 heteroatoms. The van der Waals surface area contributed by atoms with Crippen LogP contribution in [0.25, 0.3) is 0 Å². The summed E-state index contributed by atoms with van der Waals surface area (Å²) in [5, 5.41) is 12.3. The number of benzene rings is 1. The molecule has 0 radical (unpaired) electrons. The molecule has 1 unspecified atom stereocenters. The highest BCUT2D eigenvalue weighted by Gasteiger charge is 2.34. The van der Waals surface area contributed by atoms with Crippen molar-refractivity contribution in [2.75, 3.05) is 0 Å². The highest BCUT2D eigenvalue weighted by molar-refractivity contribution is 8.00. The number of hydrogen-bond acceptors (Lipinski definition) is 3. The van der Waals surface area contributed by atoms with Crippen LogP contribution in [0, 0.1) is 5.92 Å². The lowest BCUT2D eigenvalue weighted by Gasteiger charge is -2.20. The summed E-state index contributed by atoms with van der Waals surface area (Å²) in [7, 11) is 0. The minimum atomic E-state index is -0.829. The van der Waals surface area contributed by atoms with Gasteiger partial charge in [-0.1, -0.05) is 30.2 Å². The predicted octanol–water partition coefficient (Wildman–Crippen LogP) is 3.19. The maximum Gasteiger partial charge on any atom is 0.308 e. The molecule has 21 heavy (non-hydrogen) atoms. The molecular formula is C15H18ClNO3S. The van der Waals surface area contributed by atoms with Gasteiger partial charge >= 0.3 is 5.97 Å². The van der Waals surface area contributed by atoms with Crippen LogP contribution in [0.4, 0.5) is 0 Å². The van der Waals surface area contributed by atoms with Crippen LogP contribution in [-0.4, -0.2) is 28.3 Å². The van der Waals surface area contributed by atoms with E-state index in [-0.39, 0.29) is 17.2 Å². The first-order valence-corrected chi connectivity index (χ1v) is 8.19. The summed E-state index contributed by atoms with van der Waals surface area (Å²) >= 11 is 7.46. The quantitative estimate of drug-likeness (QED) is 0.815. The molecule has 1 aromatic rings. The highest BCUT2D eigenvalue weighted by atomic mass is 35.5. The van der Waals surface area contributed by atoms with E-state index >= 15 is 0 Å². The van der Waals surface area contributed by atoms with Crippen molar-refractivity contribution in [2.45, 2.75) is 42.4 Å². The van der Waals surface area contributed by atoms with Gasteiger partial charge in [0.25, 0.3) is 0 Å². The Hall–Kier alpha value is -1.20. The molecule has 1 aliphatic carbocycles. The Balaban J connectivity index is 1.94. The van der Waals surface area contributed by atoms with E-state index in [1.165, 1.54) is 11.8 Å². The van der Waals surface area contributed by atoms with Crippen molar-refractivity contribution in [3.05, 3.63) is 29.3 Å². The number of carboxylic acids is 1. The lowest BCUT2D eigenvalue weighted by Crippen LogP contribution is -2.43. The second-order valence-corrected chi connectivity index (χ2v) is 6.97. The summed E-state index contributed by atoms with van der Waals surface area (Å²) in [6, 6.07) is 7.10. The zero-order valence-corrected chi connectivity index (χ0v) is 13.3. The Morgan fingerprint density at radius 2 is 2.10 bits per heavy atom. The molecule has 4 nitrogen and oxygen atoms in total. The summed E-state index contributed by atoms with van der Waals surface area (Å²) in [4.78, 5) is 24.2. The van der Waals surface area contributed by atoms with Crippen molar-refractivity contribution in [2.24, 2.45) is 5.92 Å². The summed E-state index contributed by atoms with van der Waals surface area (Å²) in [5.41, 5.74) is 0. The van der Waals surface area contributed by atoms with Gasteiger partial charge < -0.3 is 10.4 Å². The van der Waals surface area contributed by atoms with E-state index in [0.29, 0.717) is 11.4 Å². The van der Waals surface area contributed by atoms with Crippen LogP contribution in [0.15, 0.2) is 29.2 Å². The van der Waals surface area contributed by atoms with Crippen molar-refractivity contribution in [1.29, 1.82) is 0 Å². The number of amides is 1. The zero-order chi connectivity index (χ0) is 15.4. The molecule has 0 spiro atoms. The molecule has 2 rings (SSSR count). The third-order valence-corrected chi connectivity index (χ3v) is 5.29. The Morgan fingerprint density at radius 3 is 2.76 bits per heavy atom. The van der Waals surface area contributed by atoms with E-state index in [1.807, 2.05) is 18.2 Å². The van der Waals surface area contributed by atoms with Gasteiger partial charge in [0, 0.05) is 10.9 Å². The molecule has 1 amide bonds. The van der Waals surface area contributed by atoms with Crippen molar-refractivity contribution in [3.8, 4) is 0 Å². The Bertz CT molecular complexity index is 537. The number of halogens is 1. The Morgan fingerprint density at radius 1 is 1.38 bits per heavy atom. The van der Waals surface area contributed by atoms with E-state index in [9.17, 15) is 9.59 Å². The van der Waals surface area contributed by atoms with Gasteiger partial charge in [-0.15, -0.1) is 11.8 Å². The molecule has 0 heterocycles. The van der Waals surface area contributed by atoms with E-state index in [4.69, 9.17) is 16.7 Å². The van der Waals surface area contributed by atoms with Crippen molar-refractivity contribution in [1.82, 2.24) is 5.32 Å². The molecular weight excluding hydrogens is 310 g/mol. The first-order chi connectivity index (χ1) is 9.99. The predicted molar refractivity (Wildman–Crippen MR) is 83.7 cm³/mol. The fourth-order valence-electron chi connectivity index (χ4n) is 2.51. The number of carbonyl (C=O) groups is 2. The Labute approximate surface area is 133 Å². The first kappa shape index (κ1) is 16.2. The monoisotopic (exact) mass is 327 g/mol. The van der Waals surface area contributed by atoms with Crippen LogP contribution in [0.3, 0.4) is 0 Å². The van der Waals surface area contributed by atoms with Gasteiger partial charge in [-0.2, -0.15) is 0 Å². The normalized spacial score (nSPS) is 22.8. The molecule has 1 fully saturated rings. The SMILES string of the molecule is CC(Sc1ccccc1Cl)C(=O)N[C@@H]1CCC[C@@H]1C(=O)O. The summed E-state index contributed by atoms with van der Waals surface area (Å²) in [6.07, 6.45) is 2.20. The second kappa shape index (κ2) is 7.18. The summed E-state index contributed by atoms with van der Waals surface area (Å²) < 4.78 is 0. The molecule has 3 atom stereocenters. The van der Waals surface area contributed by atoms with Crippen LogP contribution in [0.1, 0.15) is 26.2 Å². The van der Waals surface area contributed by atoms with Gasteiger partial charge in [0.05, 0.1) is 16.2 Å². The number of rotatable bonds is 5. The summed E-state index contributed by atoms with van der Waals surface area (Å²) in [5.74, 6) is -1.44. The van der Waals surface area contributed by atoms with Gasteiger partial charge in [0.15, 0.2) is 0 Å². The number of thioether (sulfide) groups is 1. The fourth-order valence-corrected chi connectivity index (χ4v) is 3.68. The maximum atomic E-state index is 12.2. The van der Waals surface area contributed by atoms with Gasteiger partial charge in [-0.25, -0.2) is 0 Å². The molecule has 1 aromatic carbocycles. The minimum Gasteiger partial charge on any atom is -0.481 e. The number of nitrogens with one attached hydrogen (secondary N) is 1. The standard InChI is InChI=1S/C15H18ClNO3S/c1-9(21-13-8-3-2-6-11(13)16)14(18)17-12-7-4-5-10(12)15(19)20/h2-3,6,8-10,12H,4-5,7H2,1H3,(H,17,18)(H,19,20)/t9?,10-,12+/m0/s1. The molecule has 0 saturated heterocycles. The van der Waals surface area contributed by atoms with Crippen LogP contribution in [-0.2, 0) is 9.59 Å². The molecule has 2 N–H and O–H groups in total. The van der Waals surface area contributed by atoms with Crippen molar-refractivity contribution >= 4 is 35.2 Å². The number of carbonyl (C=O) groups excluding carboxylic acids is 1. The molecule has 0 aromatic heterocycles. The van der Waals surface area contributed by atoms with Crippen LogP contribution in [0.2, 0.25) is 5.02 Å². The van der Waals surface area contributed by atoms with Gasteiger partial charge in [-0.3, -0.25) is 9.59 Å². The number of aliphatic carboxylic acids is 1. The smallest absolute Gasteiger partial charge is 0.308 e. The highest BCUT2D eigenvalue weighted by Crippen LogP contribution is 2.31. The number of hydrogen-bond donors (Lipinski definition) is 2. The van der Waals surface area contributed by atoms with Crippen LogP contribution in [0.5, 0.6) is 0 Å². The van der Waals surface area contributed by atoms with E-state index in [0.717, 1.165) is 17.7 Å². The average Bonchev–Trinajstić information content (AvgIpc) is 2.89. The van der Waals surface area contributed by atoms with Gasteiger partial charge in [0.2, 0.25) is 5.91 Å². The second-order valence-electron chi connectivity index (χ2n) is 5.18. The molecule has 1 saturated carbocycles. The fraction of sp³-hybridized carbons (Fsp3) is 0.467. The lowest BCUT2D eigenvalue weighted by molar-refractivity contribution is -0.142. The minimum absolute atomic E-state index is 0.141. The molecule has 1 aliphatic rings. The summed E-state index contributed by atoms with van der Waals surface area (Å²) in [6.45, 7) is 1.80. The van der Waals surface area contributed by atoms with Gasteiger partial charge in [0.1, 0.15) is 0 Å². The largest absolute Gasteiger partial charge is 0.481 e. The zero-order valence-electron chi connectivity index (χ0n) is 11.7. The van der Waals surface area contributed by atoms with Crippen molar-refractivity contribution < 1.29 is 14.7 Å². The van der Waals surface area contributed by atoms with Crippen LogP contribution < -0.4 is 5.32 Å².